The first-order valence-corrected chi connectivity index (χ1v) is 10.0. The monoisotopic (exact) mass is 413 g/mol. The van der Waals surface area contributed by atoms with Crippen LogP contribution in [0, 0.1) is 0 Å². The third-order valence-electron chi connectivity index (χ3n) is 4.71. The van der Waals surface area contributed by atoms with Gasteiger partial charge in [-0.05, 0) is 17.5 Å². The standard InChI is InChI=1S/C17H23NO4.C7H8O/c1-3-11-21-16-9-10-18(15(16)13-20-2)17(19)22-12-14-7-5-4-6-8-14;8-6-7-4-2-1-3-5-7/h3-8,15-16H,1,9-13H2,2H3;1-5,8H,6H2/t15-,16-;/m1./s1. The largest absolute Gasteiger partial charge is 0.445 e. The Morgan fingerprint density at radius 1 is 1.13 bits per heavy atom. The molecule has 0 unspecified atom stereocenters. The molecule has 1 N–H and O–H groups in total. The molecule has 2 atom stereocenters. The highest BCUT2D eigenvalue weighted by Gasteiger charge is 2.38. The van der Waals surface area contributed by atoms with E-state index in [0.717, 1.165) is 17.5 Å². The van der Waals surface area contributed by atoms with Crippen molar-refractivity contribution in [1.29, 1.82) is 0 Å². The Balaban J connectivity index is 0.000000335. The predicted octanol–water partition coefficient (Wildman–Crippen LogP) is 3.79. The molecule has 30 heavy (non-hydrogen) atoms. The zero-order valence-corrected chi connectivity index (χ0v) is 17.5. The summed E-state index contributed by atoms with van der Waals surface area (Å²) in [5, 5.41) is 8.54. The maximum Gasteiger partial charge on any atom is 0.410 e. The summed E-state index contributed by atoms with van der Waals surface area (Å²) in [4.78, 5) is 14.0. The van der Waals surface area contributed by atoms with Gasteiger partial charge in [0.1, 0.15) is 6.61 Å². The van der Waals surface area contributed by atoms with Crippen molar-refractivity contribution in [2.45, 2.75) is 31.8 Å². The van der Waals surface area contributed by atoms with E-state index in [2.05, 4.69) is 6.58 Å². The fourth-order valence-electron chi connectivity index (χ4n) is 3.19. The van der Waals surface area contributed by atoms with E-state index in [9.17, 15) is 4.79 Å². The number of nitrogens with zero attached hydrogens (tertiary/aromatic N) is 1. The second-order valence-electron chi connectivity index (χ2n) is 6.85. The summed E-state index contributed by atoms with van der Waals surface area (Å²) in [5.74, 6) is 0. The highest BCUT2D eigenvalue weighted by atomic mass is 16.6. The van der Waals surface area contributed by atoms with Crippen molar-refractivity contribution in [3.63, 3.8) is 0 Å². The number of aliphatic hydroxyl groups excluding tert-OH is 1. The molecule has 1 aliphatic rings. The Hall–Kier alpha value is -2.67. The van der Waals surface area contributed by atoms with E-state index in [-0.39, 0.29) is 31.5 Å². The Kier molecular flexibility index (Phi) is 10.7. The number of carbonyl (C=O) groups excluding carboxylic acids is 1. The van der Waals surface area contributed by atoms with Gasteiger partial charge in [-0.2, -0.15) is 0 Å². The number of ether oxygens (including phenoxy) is 3. The Morgan fingerprint density at radius 2 is 1.77 bits per heavy atom. The molecule has 0 aromatic heterocycles. The average Bonchev–Trinajstić information content (AvgIpc) is 3.20. The normalized spacial score (nSPS) is 17.7. The smallest absolute Gasteiger partial charge is 0.410 e. The van der Waals surface area contributed by atoms with Gasteiger partial charge in [0, 0.05) is 13.7 Å². The van der Waals surface area contributed by atoms with E-state index in [1.54, 1.807) is 18.1 Å². The molecular formula is C24H31NO5. The van der Waals surface area contributed by atoms with Crippen LogP contribution in [-0.2, 0) is 27.4 Å². The van der Waals surface area contributed by atoms with E-state index in [1.165, 1.54) is 0 Å². The number of benzene rings is 2. The lowest BCUT2D eigenvalue weighted by molar-refractivity contribution is 0.00634. The fraction of sp³-hybridized carbons (Fsp3) is 0.375. The van der Waals surface area contributed by atoms with Crippen LogP contribution in [0.3, 0.4) is 0 Å². The van der Waals surface area contributed by atoms with Gasteiger partial charge < -0.3 is 24.2 Å². The predicted molar refractivity (Wildman–Crippen MR) is 116 cm³/mol. The molecule has 2 aromatic carbocycles. The van der Waals surface area contributed by atoms with Crippen molar-refractivity contribution >= 4 is 6.09 Å². The van der Waals surface area contributed by atoms with E-state index >= 15 is 0 Å². The topological polar surface area (TPSA) is 68.2 Å². The van der Waals surface area contributed by atoms with Crippen LogP contribution in [0.15, 0.2) is 73.3 Å². The van der Waals surface area contributed by atoms with E-state index in [1.807, 2.05) is 60.7 Å². The first kappa shape index (κ1) is 23.6. The summed E-state index contributed by atoms with van der Waals surface area (Å²) in [6.07, 6.45) is 2.13. The molecular weight excluding hydrogens is 382 g/mol. The van der Waals surface area contributed by atoms with E-state index < -0.39 is 0 Å². The lowest BCUT2D eigenvalue weighted by Crippen LogP contribution is -2.43. The van der Waals surface area contributed by atoms with Crippen molar-refractivity contribution in [2.24, 2.45) is 0 Å². The molecule has 0 aliphatic carbocycles. The fourth-order valence-corrected chi connectivity index (χ4v) is 3.19. The lowest BCUT2D eigenvalue weighted by atomic mass is 10.2. The molecule has 6 nitrogen and oxygen atoms in total. The van der Waals surface area contributed by atoms with Crippen LogP contribution in [0.4, 0.5) is 4.79 Å². The van der Waals surface area contributed by atoms with Crippen LogP contribution in [0.2, 0.25) is 0 Å². The lowest BCUT2D eigenvalue weighted by Gasteiger charge is -2.26. The SMILES string of the molecule is C=CCO[C@@H]1CCN(C(=O)OCc2ccccc2)[C@@H]1COC.OCc1ccccc1. The Morgan fingerprint density at radius 3 is 2.30 bits per heavy atom. The third-order valence-corrected chi connectivity index (χ3v) is 4.71. The molecule has 0 bridgehead atoms. The van der Waals surface area contributed by atoms with Crippen LogP contribution < -0.4 is 0 Å². The van der Waals surface area contributed by atoms with Crippen molar-refractivity contribution in [3.05, 3.63) is 84.4 Å². The third kappa shape index (κ3) is 7.63. The number of hydrogen-bond acceptors (Lipinski definition) is 5. The van der Waals surface area contributed by atoms with Crippen molar-refractivity contribution < 1.29 is 24.1 Å². The average molecular weight is 414 g/mol. The minimum atomic E-state index is -0.324. The highest BCUT2D eigenvalue weighted by Crippen LogP contribution is 2.22. The first-order valence-electron chi connectivity index (χ1n) is 10.0. The van der Waals surface area contributed by atoms with Crippen LogP contribution in [0.5, 0.6) is 0 Å². The number of likely N-dealkylation sites (tertiary alicyclic amines) is 1. The second kappa shape index (κ2) is 13.5. The molecule has 1 amide bonds. The number of carbonyl (C=O) groups is 1. The number of aliphatic hydroxyl groups is 1. The molecule has 6 heteroatoms. The van der Waals surface area contributed by atoms with Crippen LogP contribution >= 0.6 is 0 Å². The summed E-state index contributed by atoms with van der Waals surface area (Å²) in [6.45, 7) is 5.58. The Labute approximate surface area is 178 Å². The molecule has 1 saturated heterocycles. The van der Waals surface area contributed by atoms with Gasteiger partial charge >= 0.3 is 6.09 Å². The van der Waals surface area contributed by atoms with Crippen molar-refractivity contribution in [2.75, 3.05) is 26.9 Å². The number of methoxy groups -OCH3 is 1. The quantitative estimate of drug-likeness (QED) is 0.667. The zero-order valence-electron chi connectivity index (χ0n) is 17.5. The molecule has 162 valence electrons. The summed E-state index contributed by atoms with van der Waals surface area (Å²) in [6, 6.07) is 19.0. The van der Waals surface area contributed by atoms with Crippen molar-refractivity contribution in [1.82, 2.24) is 4.90 Å². The molecule has 0 spiro atoms. The maximum atomic E-state index is 12.3. The Bertz CT molecular complexity index is 738. The number of amides is 1. The minimum Gasteiger partial charge on any atom is -0.445 e. The zero-order chi connectivity index (χ0) is 21.6. The first-order chi connectivity index (χ1) is 14.7. The number of hydrogen-bond donors (Lipinski definition) is 1. The second-order valence-corrected chi connectivity index (χ2v) is 6.85. The van der Waals surface area contributed by atoms with Gasteiger partial charge in [-0.3, -0.25) is 0 Å². The minimum absolute atomic E-state index is 0.0396. The molecule has 2 aromatic rings. The van der Waals surface area contributed by atoms with Gasteiger partial charge in [-0.25, -0.2) is 4.79 Å². The molecule has 1 heterocycles. The molecule has 0 radical (unpaired) electrons. The van der Waals surface area contributed by atoms with E-state index in [0.29, 0.717) is 19.8 Å². The van der Waals surface area contributed by atoms with Gasteiger partial charge in [-0.1, -0.05) is 66.7 Å². The molecule has 1 aliphatic heterocycles. The van der Waals surface area contributed by atoms with Gasteiger partial charge in [0.25, 0.3) is 0 Å². The molecule has 0 saturated carbocycles. The van der Waals surface area contributed by atoms with E-state index in [4.69, 9.17) is 19.3 Å². The molecule has 3 rings (SSSR count). The highest BCUT2D eigenvalue weighted by molar-refractivity contribution is 5.68. The number of rotatable bonds is 8. The summed E-state index contributed by atoms with van der Waals surface area (Å²) in [5.41, 5.74) is 1.94. The van der Waals surface area contributed by atoms with Crippen LogP contribution in [0.1, 0.15) is 17.5 Å². The van der Waals surface area contributed by atoms with Gasteiger partial charge in [0.2, 0.25) is 0 Å². The summed E-state index contributed by atoms with van der Waals surface area (Å²) < 4.78 is 16.3. The van der Waals surface area contributed by atoms with Crippen LogP contribution in [0.25, 0.3) is 0 Å². The molecule has 1 fully saturated rings. The van der Waals surface area contributed by atoms with Crippen LogP contribution in [-0.4, -0.2) is 55.1 Å². The maximum absolute atomic E-state index is 12.3. The summed E-state index contributed by atoms with van der Waals surface area (Å²) >= 11 is 0. The van der Waals surface area contributed by atoms with Gasteiger partial charge in [-0.15, -0.1) is 6.58 Å². The summed E-state index contributed by atoms with van der Waals surface area (Å²) in [7, 11) is 1.62. The van der Waals surface area contributed by atoms with Crippen molar-refractivity contribution in [3.8, 4) is 0 Å². The van der Waals surface area contributed by atoms with Gasteiger partial charge in [0.15, 0.2) is 0 Å². The van der Waals surface area contributed by atoms with Gasteiger partial charge in [0.05, 0.1) is 32.0 Å².